The van der Waals surface area contributed by atoms with Crippen LogP contribution in [0.3, 0.4) is 0 Å². The van der Waals surface area contributed by atoms with Gasteiger partial charge in [0.15, 0.2) is 5.82 Å². The number of H-pyrrole nitrogens is 1. The van der Waals surface area contributed by atoms with Crippen molar-refractivity contribution in [2.24, 2.45) is 0 Å². The van der Waals surface area contributed by atoms with Gasteiger partial charge in [0.2, 0.25) is 4.96 Å². The van der Waals surface area contributed by atoms with Crippen molar-refractivity contribution >= 4 is 16.3 Å². The van der Waals surface area contributed by atoms with Crippen LogP contribution in [0.4, 0.5) is 0 Å². The van der Waals surface area contributed by atoms with Crippen molar-refractivity contribution in [2.75, 3.05) is 13.1 Å². The quantitative estimate of drug-likeness (QED) is 0.283. The first kappa shape index (κ1) is 23.9. The second kappa shape index (κ2) is 10.2. The van der Waals surface area contributed by atoms with Crippen LogP contribution in [0.2, 0.25) is 0 Å². The Bertz CT molecular complexity index is 1690. The molecule has 0 atom stereocenters. The predicted octanol–water partition coefficient (Wildman–Crippen LogP) is 5.99. The lowest BCUT2D eigenvalue weighted by atomic mass is 9.95. The molecule has 0 saturated carbocycles. The highest BCUT2D eigenvalue weighted by Crippen LogP contribution is 2.34. The standard InChI is InChI=1S/C30H28N8S/c1-20-7-12-25(31-17-20)29-34-28(35-36-29)24-13-15-37(16-14-24)18-21-8-10-23(11-9-21)27-26(22-5-3-2-4-6-22)33-30-38(27)32-19-39-30/h2-12,17,19,24H,13-16,18H2,1H3,(H,34,35,36). The van der Waals surface area contributed by atoms with E-state index in [0.29, 0.717) is 5.92 Å². The Hall–Kier alpha value is -4.21. The van der Waals surface area contributed by atoms with Crippen molar-refractivity contribution in [1.29, 1.82) is 0 Å². The van der Waals surface area contributed by atoms with E-state index in [1.54, 1.807) is 11.3 Å². The van der Waals surface area contributed by atoms with Crippen molar-refractivity contribution in [3.8, 4) is 34.0 Å². The number of nitrogens with one attached hydrogen (secondary N) is 1. The first-order chi connectivity index (χ1) is 19.2. The van der Waals surface area contributed by atoms with Crippen molar-refractivity contribution in [1.82, 2.24) is 39.7 Å². The van der Waals surface area contributed by atoms with Crippen molar-refractivity contribution in [3.05, 3.63) is 95.4 Å². The summed E-state index contributed by atoms with van der Waals surface area (Å²) < 4.78 is 1.95. The fourth-order valence-corrected chi connectivity index (χ4v) is 5.94. The van der Waals surface area contributed by atoms with Crippen LogP contribution in [0.1, 0.15) is 35.7 Å². The van der Waals surface area contributed by atoms with E-state index in [-0.39, 0.29) is 0 Å². The molecule has 0 amide bonds. The Balaban J connectivity index is 1.02. The van der Waals surface area contributed by atoms with E-state index >= 15 is 0 Å². The zero-order chi connectivity index (χ0) is 26.2. The summed E-state index contributed by atoms with van der Waals surface area (Å²) in [6.45, 7) is 5.04. The normalized spacial score (nSPS) is 14.8. The Morgan fingerprint density at radius 3 is 2.51 bits per heavy atom. The first-order valence-electron chi connectivity index (χ1n) is 13.3. The third-order valence-corrected chi connectivity index (χ3v) is 8.13. The van der Waals surface area contributed by atoms with Gasteiger partial charge in [0.25, 0.3) is 0 Å². The molecule has 7 rings (SSSR count). The largest absolute Gasteiger partial charge is 0.323 e. The number of nitrogens with zero attached hydrogens (tertiary/aromatic N) is 7. The summed E-state index contributed by atoms with van der Waals surface area (Å²) in [4.78, 5) is 16.2. The van der Waals surface area contributed by atoms with E-state index in [2.05, 4.69) is 78.7 Å². The molecule has 1 N–H and O–H groups in total. The predicted molar refractivity (Wildman–Crippen MR) is 153 cm³/mol. The van der Waals surface area contributed by atoms with Gasteiger partial charge in [-0.3, -0.25) is 9.88 Å². The van der Waals surface area contributed by atoms with Crippen LogP contribution in [-0.4, -0.2) is 52.8 Å². The molecule has 5 heterocycles. The Morgan fingerprint density at radius 1 is 0.923 bits per heavy atom. The molecular weight excluding hydrogens is 504 g/mol. The minimum Gasteiger partial charge on any atom is -0.323 e. The van der Waals surface area contributed by atoms with Gasteiger partial charge in [-0.1, -0.05) is 72.0 Å². The zero-order valence-corrected chi connectivity index (χ0v) is 22.5. The lowest BCUT2D eigenvalue weighted by Crippen LogP contribution is -2.32. The molecule has 1 aliphatic rings. The number of likely N-dealkylation sites (tertiary alicyclic amines) is 1. The van der Waals surface area contributed by atoms with Crippen molar-refractivity contribution in [2.45, 2.75) is 32.2 Å². The zero-order valence-electron chi connectivity index (χ0n) is 21.7. The van der Waals surface area contributed by atoms with Gasteiger partial charge in [0.05, 0.1) is 0 Å². The highest BCUT2D eigenvalue weighted by atomic mass is 32.1. The van der Waals surface area contributed by atoms with Gasteiger partial charge >= 0.3 is 0 Å². The molecule has 39 heavy (non-hydrogen) atoms. The maximum absolute atomic E-state index is 4.88. The number of benzene rings is 2. The molecule has 9 heteroatoms. The highest BCUT2D eigenvalue weighted by molar-refractivity contribution is 7.14. The SMILES string of the molecule is Cc1ccc(-c2nnc(C3CCN(Cc4ccc(-c5c(-c6ccccc6)nc6scnn56)cc4)CC3)[nH]2)nc1. The Kier molecular flexibility index (Phi) is 6.22. The lowest BCUT2D eigenvalue weighted by Gasteiger charge is -2.30. The van der Waals surface area contributed by atoms with E-state index in [0.717, 1.165) is 82.9 Å². The number of rotatable bonds is 6. The second-order valence-corrected chi connectivity index (χ2v) is 10.9. The van der Waals surface area contributed by atoms with Crippen molar-refractivity contribution in [3.63, 3.8) is 0 Å². The average molecular weight is 533 g/mol. The number of imidazole rings is 1. The fourth-order valence-electron chi connectivity index (χ4n) is 5.32. The molecule has 1 saturated heterocycles. The monoisotopic (exact) mass is 532 g/mol. The van der Waals surface area contributed by atoms with Crippen LogP contribution < -0.4 is 0 Å². The smallest absolute Gasteiger partial charge is 0.213 e. The Labute approximate surface area is 230 Å². The summed E-state index contributed by atoms with van der Waals surface area (Å²) in [5.41, 5.74) is 9.36. The van der Waals surface area contributed by atoms with Crippen LogP contribution >= 0.6 is 11.3 Å². The number of fused-ring (bicyclic) bond motifs is 1. The minimum absolute atomic E-state index is 0.397. The number of aromatic nitrogens is 7. The van der Waals surface area contributed by atoms with E-state index in [9.17, 15) is 0 Å². The van der Waals surface area contributed by atoms with Crippen LogP contribution in [0.5, 0.6) is 0 Å². The minimum atomic E-state index is 0.397. The fraction of sp³-hybridized carbons (Fsp3) is 0.233. The van der Waals surface area contributed by atoms with E-state index < -0.39 is 0 Å². The summed E-state index contributed by atoms with van der Waals surface area (Å²) in [5.74, 6) is 2.12. The molecule has 4 aromatic heterocycles. The van der Waals surface area contributed by atoms with Crippen LogP contribution in [0.15, 0.2) is 78.4 Å². The third kappa shape index (κ3) is 4.75. The number of aromatic amines is 1. The number of hydrogen-bond acceptors (Lipinski definition) is 7. The summed E-state index contributed by atoms with van der Waals surface area (Å²) in [6.07, 6.45) is 3.98. The van der Waals surface area contributed by atoms with Gasteiger partial charge < -0.3 is 4.98 Å². The number of aryl methyl sites for hydroxylation is 1. The molecule has 1 aliphatic heterocycles. The van der Waals surface area contributed by atoms with Gasteiger partial charge in [0.1, 0.15) is 28.4 Å². The highest BCUT2D eigenvalue weighted by Gasteiger charge is 2.24. The lowest BCUT2D eigenvalue weighted by molar-refractivity contribution is 0.202. The van der Waals surface area contributed by atoms with Gasteiger partial charge in [0, 0.05) is 29.8 Å². The average Bonchev–Trinajstić information content (AvgIpc) is 3.72. The molecule has 2 aromatic carbocycles. The molecule has 0 spiro atoms. The second-order valence-electron chi connectivity index (χ2n) is 10.1. The molecule has 0 aliphatic carbocycles. The van der Waals surface area contributed by atoms with E-state index in [4.69, 9.17) is 4.98 Å². The molecule has 0 radical (unpaired) electrons. The molecule has 0 unspecified atom stereocenters. The third-order valence-electron chi connectivity index (χ3n) is 7.46. The molecular formula is C30H28N8S. The Morgan fingerprint density at radius 2 is 1.74 bits per heavy atom. The van der Waals surface area contributed by atoms with Gasteiger partial charge in [-0.25, -0.2) is 9.50 Å². The van der Waals surface area contributed by atoms with Crippen molar-refractivity contribution < 1.29 is 0 Å². The molecule has 6 aromatic rings. The first-order valence-corrected chi connectivity index (χ1v) is 14.1. The molecule has 1 fully saturated rings. The maximum Gasteiger partial charge on any atom is 0.213 e. The summed E-state index contributed by atoms with van der Waals surface area (Å²) in [5, 5.41) is 13.4. The van der Waals surface area contributed by atoms with Gasteiger partial charge in [-0.2, -0.15) is 5.10 Å². The van der Waals surface area contributed by atoms with Gasteiger partial charge in [-0.15, -0.1) is 10.2 Å². The van der Waals surface area contributed by atoms with Gasteiger partial charge in [-0.05, 0) is 50.0 Å². The summed E-state index contributed by atoms with van der Waals surface area (Å²) in [6, 6.07) is 23.2. The molecule has 194 valence electrons. The van der Waals surface area contributed by atoms with E-state index in [1.165, 1.54) is 5.56 Å². The summed E-state index contributed by atoms with van der Waals surface area (Å²) >= 11 is 1.56. The van der Waals surface area contributed by atoms with E-state index in [1.807, 2.05) is 41.3 Å². The molecule has 0 bridgehead atoms. The number of pyridine rings is 1. The topological polar surface area (TPSA) is 87.9 Å². The van der Waals surface area contributed by atoms with Crippen LogP contribution in [0.25, 0.3) is 39.0 Å². The van der Waals surface area contributed by atoms with Crippen LogP contribution in [0, 0.1) is 6.92 Å². The maximum atomic E-state index is 4.88. The number of hydrogen-bond donors (Lipinski definition) is 1. The number of piperidine rings is 1. The van der Waals surface area contributed by atoms with Crippen LogP contribution in [-0.2, 0) is 6.54 Å². The molecule has 8 nitrogen and oxygen atoms in total. The summed E-state index contributed by atoms with van der Waals surface area (Å²) in [7, 11) is 0.